The zero-order valence-corrected chi connectivity index (χ0v) is 14.0. The number of benzene rings is 2. The molecule has 0 radical (unpaired) electrons. The maximum atomic E-state index is 12.8. The summed E-state index contributed by atoms with van der Waals surface area (Å²) in [6.07, 6.45) is 0. The first-order valence-electron chi connectivity index (χ1n) is 7.78. The van der Waals surface area contributed by atoms with Crippen molar-refractivity contribution < 1.29 is 23.5 Å². The van der Waals surface area contributed by atoms with E-state index < -0.39 is 29.6 Å². The Hall–Kier alpha value is -3.42. The molecular weight excluding hydrogens is 341 g/mol. The Morgan fingerprint density at radius 1 is 1.00 bits per heavy atom. The van der Waals surface area contributed by atoms with Crippen LogP contribution in [-0.2, 0) is 9.59 Å². The zero-order valence-electron chi connectivity index (χ0n) is 14.0. The van der Waals surface area contributed by atoms with Crippen molar-refractivity contribution in [3.63, 3.8) is 0 Å². The second-order valence-corrected chi connectivity index (χ2v) is 5.34. The summed E-state index contributed by atoms with van der Waals surface area (Å²) >= 11 is 0. The first-order chi connectivity index (χ1) is 12.5. The van der Waals surface area contributed by atoms with Gasteiger partial charge in [-0.3, -0.25) is 25.2 Å². The van der Waals surface area contributed by atoms with E-state index in [0.717, 1.165) is 0 Å². The average Bonchev–Trinajstić information content (AvgIpc) is 2.66. The molecule has 0 aliphatic rings. The molecule has 2 aromatic carbocycles. The smallest absolute Gasteiger partial charge is 0.276 e. The maximum absolute atomic E-state index is 12.8. The fourth-order valence-corrected chi connectivity index (χ4v) is 1.89. The standard InChI is InChI=1S/C18H18FN3O4/c1-12(20-18(25)13-5-3-2-4-6-13)17(24)22-21-16(23)11-26-15-9-7-14(19)8-10-15/h2-10,12H,11H2,1H3,(H,20,25)(H,21,23)(H,22,24). The van der Waals surface area contributed by atoms with Crippen LogP contribution in [-0.4, -0.2) is 30.4 Å². The summed E-state index contributed by atoms with van der Waals surface area (Å²) < 4.78 is 17.9. The molecule has 0 spiro atoms. The Kier molecular flexibility index (Phi) is 6.67. The molecule has 0 saturated heterocycles. The van der Waals surface area contributed by atoms with Crippen molar-refractivity contribution >= 4 is 17.7 Å². The van der Waals surface area contributed by atoms with Gasteiger partial charge in [0.2, 0.25) is 0 Å². The van der Waals surface area contributed by atoms with Crippen LogP contribution in [0.1, 0.15) is 17.3 Å². The molecule has 2 aromatic rings. The largest absolute Gasteiger partial charge is 0.484 e. The Morgan fingerprint density at radius 2 is 1.65 bits per heavy atom. The van der Waals surface area contributed by atoms with Crippen molar-refractivity contribution in [3.8, 4) is 5.75 Å². The van der Waals surface area contributed by atoms with E-state index in [9.17, 15) is 18.8 Å². The number of nitrogens with one attached hydrogen (secondary N) is 3. The molecule has 0 aromatic heterocycles. The predicted octanol–water partition coefficient (Wildman–Crippen LogP) is 1.17. The van der Waals surface area contributed by atoms with Crippen LogP contribution in [0.5, 0.6) is 5.75 Å². The number of hydrogen-bond donors (Lipinski definition) is 3. The van der Waals surface area contributed by atoms with Gasteiger partial charge >= 0.3 is 0 Å². The first-order valence-corrected chi connectivity index (χ1v) is 7.78. The van der Waals surface area contributed by atoms with Crippen molar-refractivity contribution in [2.75, 3.05) is 6.61 Å². The summed E-state index contributed by atoms with van der Waals surface area (Å²) in [6, 6.07) is 12.7. The fourth-order valence-electron chi connectivity index (χ4n) is 1.89. The van der Waals surface area contributed by atoms with Crippen molar-refractivity contribution in [1.82, 2.24) is 16.2 Å². The van der Waals surface area contributed by atoms with Crippen LogP contribution in [0.3, 0.4) is 0 Å². The van der Waals surface area contributed by atoms with Crippen molar-refractivity contribution in [2.24, 2.45) is 0 Å². The Bertz CT molecular complexity index is 766. The van der Waals surface area contributed by atoms with E-state index in [1.165, 1.54) is 31.2 Å². The van der Waals surface area contributed by atoms with Crippen LogP contribution in [0.2, 0.25) is 0 Å². The zero-order chi connectivity index (χ0) is 18.9. The van der Waals surface area contributed by atoms with E-state index >= 15 is 0 Å². The van der Waals surface area contributed by atoms with Gasteiger partial charge in [0.1, 0.15) is 17.6 Å². The summed E-state index contributed by atoms with van der Waals surface area (Å²) in [6.45, 7) is 1.12. The lowest BCUT2D eigenvalue weighted by Gasteiger charge is -2.15. The van der Waals surface area contributed by atoms with Crippen LogP contribution >= 0.6 is 0 Å². The molecule has 2 rings (SSSR count). The molecule has 136 valence electrons. The van der Waals surface area contributed by atoms with Gasteiger partial charge in [0.25, 0.3) is 17.7 Å². The van der Waals surface area contributed by atoms with Crippen LogP contribution in [0.4, 0.5) is 4.39 Å². The number of carbonyl (C=O) groups excluding carboxylic acids is 3. The summed E-state index contributed by atoms with van der Waals surface area (Å²) in [5, 5.41) is 2.51. The van der Waals surface area contributed by atoms with Crippen LogP contribution < -0.4 is 20.9 Å². The summed E-state index contributed by atoms with van der Waals surface area (Å²) in [4.78, 5) is 35.5. The second kappa shape index (κ2) is 9.16. The van der Waals surface area contributed by atoms with Crippen LogP contribution in [0.25, 0.3) is 0 Å². The third-order valence-electron chi connectivity index (χ3n) is 3.29. The van der Waals surface area contributed by atoms with E-state index in [2.05, 4.69) is 16.2 Å². The molecule has 7 nitrogen and oxygen atoms in total. The highest BCUT2D eigenvalue weighted by molar-refractivity contribution is 5.97. The molecule has 0 bridgehead atoms. The Labute approximate surface area is 149 Å². The minimum absolute atomic E-state index is 0.316. The Morgan fingerprint density at radius 3 is 2.31 bits per heavy atom. The minimum atomic E-state index is -0.860. The number of ether oxygens (including phenoxy) is 1. The molecule has 0 fully saturated rings. The molecule has 8 heteroatoms. The minimum Gasteiger partial charge on any atom is -0.484 e. The molecule has 0 saturated carbocycles. The van der Waals surface area contributed by atoms with Gasteiger partial charge in [0.05, 0.1) is 0 Å². The van der Waals surface area contributed by atoms with Gasteiger partial charge in [-0.05, 0) is 43.3 Å². The van der Waals surface area contributed by atoms with E-state index in [1.807, 2.05) is 0 Å². The molecule has 1 atom stereocenters. The van der Waals surface area contributed by atoms with E-state index in [-0.39, 0.29) is 6.61 Å². The number of rotatable bonds is 6. The summed E-state index contributed by atoms with van der Waals surface area (Å²) in [7, 11) is 0. The van der Waals surface area contributed by atoms with Crippen molar-refractivity contribution in [2.45, 2.75) is 13.0 Å². The Balaban J connectivity index is 1.72. The average molecular weight is 359 g/mol. The molecule has 1 unspecified atom stereocenters. The van der Waals surface area contributed by atoms with E-state index in [4.69, 9.17) is 4.74 Å². The van der Waals surface area contributed by atoms with Crippen molar-refractivity contribution in [3.05, 3.63) is 66.0 Å². The molecule has 3 N–H and O–H groups in total. The monoisotopic (exact) mass is 359 g/mol. The SMILES string of the molecule is CC(NC(=O)c1ccccc1)C(=O)NNC(=O)COc1ccc(F)cc1. The van der Waals surface area contributed by atoms with Crippen LogP contribution in [0, 0.1) is 5.82 Å². The topological polar surface area (TPSA) is 96.5 Å². The fraction of sp³-hybridized carbons (Fsp3) is 0.167. The highest BCUT2D eigenvalue weighted by atomic mass is 19.1. The molecule has 0 heterocycles. The molecule has 0 aliphatic carbocycles. The number of hydrazine groups is 1. The molecule has 3 amide bonds. The van der Waals surface area contributed by atoms with Gasteiger partial charge in [-0.15, -0.1) is 0 Å². The second-order valence-electron chi connectivity index (χ2n) is 5.34. The van der Waals surface area contributed by atoms with Gasteiger partial charge in [-0.1, -0.05) is 18.2 Å². The third-order valence-corrected chi connectivity index (χ3v) is 3.29. The highest BCUT2D eigenvalue weighted by Gasteiger charge is 2.17. The maximum Gasteiger partial charge on any atom is 0.276 e. The van der Waals surface area contributed by atoms with Gasteiger partial charge in [0, 0.05) is 5.56 Å². The lowest BCUT2D eigenvalue weighted by molar-refractivity contribution is -0.130. The van der Waals surface area contributed by atoms with Gasteiger partial charge in [-0.2, -0.15) is 0 Å². The lowest BCUT2D eigenvalue weighted by Crippen LogP contribution is -2.51. The number of halogens is 1. The molecule has 26 heavy (non-hydrogen) atoms. The van der Waals surface area contributed by atoms with Gasteiger partial charge < -0.3 is 10.1 Å². The number of amides is 3. The van der Waals surface area contributed by atoms with Crippen LogP contribution in [0.15, 0.2) is 54.6 Å². The number of carbonyl (C=O) groups is 3. The van der Waals surface area contributed by atoms with Gasteiger partial charge in [0.15, 0.2) is 6.61 Å². The first kappa shape index (κ1) is 18.9. The van der Waals surface area contributed by atoms with E-state index in [1.54, 1.807) is 30.3 Å². The normalized spacial score (nSPS) is 11.2. The third kappa shape index (κ3) is 5.90. The molecule has 0 aliphatic heterocycles. The van der Waals surface area contributed by atoms with Gasteiger partial charge in [-0.25, -0.2) is 4.39 Å². The summed E-state index contributed by atoms with van der Waals surface area (Å²) in [5.74, 6) is -1.70. The quantitative estimate of drug-likeness (QED) is 0.675. The van der Waals surface area contributed by atoms with Crippen molar-refractivity contribution in [1.29, 1.82) is 0 Å². The summed E-state index contributed by atoms with van der Waals surface area (Å²) in [5.41, 5.74) is 4.78. The molecular formula is C18H18FN3O4. The number of hydrogen-bond acceptors (Lipinski definition) is 4. The predicted molar refractivity (Wildman–Crippen MR) is 91.6 cm³/mol. The highest BCUT2D eigenvalue weighted by Crippen LogP contribution is 2.10. The van der Waals surface area contributed by atoms with E-state index in [0.29, 0.717) is 11.3 Å². The lowest BCUT2D eigenvalue weighted by atomic mass is 10.2.